The molecule has 3 rings (SSSR count). The maximum atomic E-state index is 11.8. The first-order valence-corrected chi connectivity index (χ1v) is 8.10. The van der Waals surface area contributed by atoms with Crippen LogP contribution in [0.5, 0.6) is 0 Å². The Morgan fingerprint density at radius 1 is 1.38 bits per heavy atom. The fraction of sp³-hybridized carbons (Fsp3) is 0.467. The van der Waals surface area contributed by atoms with Crippen molar-refractivity contribution in [3.63, 3.8) is 0 Å². The van der Waals surface area contributed by atoms with Crippen LogP contribution in [0.4, 0.5) is 0 Å². The van der Waals surface area contributed by atoms with E-state index < -0.39 is 0 Å². The molecule has 0 saturated heterocycles. The Bertz CT molecular complexity index is 672. The average molecular weight is 304 g/mol. The fourth-order valence-electron chi connectivity index (χ4n) is 2.33. The predicted molar refractivity (Wildman–Crippen MR) is 84.5 cm³/mol. The standard InChI is InChI=1S/C15H20N4OS/c1-9-3-5-11(6-4-9)13(16)10(2)21-15-18-17-14(20)19(15)12-7-8-12/h3-6,10,12-13H,7-8,16H2,1-2H3,(H,17,20). The topological polar surface area (TPSA) is 76.7 Å². The Morgan fingerprint density at radius 3 is 2.67 bits per heavy atom. The van der Waals surface area contributed by atoms with Crippen molar-refractivity contribution in [2.24, 2.45) is 5.73 Å². The summed E-state index contributed by atoms with van der Waals surface area (Å²) < 4.78 is 1.77. The number of benzene rings is 1. The maximum absolute atomic E-state index is 11.8. The molecule has 1 aliphatic rings. The van der Waals surface area contributed by atoms with Crippen LogP contribution in [0.25, 0.3) is 0 Å². The smallest absolute Gasteiger partial charge is 0.323 e. The molecule has 0 bridgehead atoms. The molecule has 21 heavy (non-hydrogen) atoms. The highest BCUT2D eigenvalue weighted by Gasteiger charge is 2.30. The molecule has 1 saturated carbocycles. The third kappa shape index (κ3) is 3.06. The summed E-state index contributed by atoms with van der Waals surface area (Å²) in [6.07, 6.45) is 2.12. The molecular weight excluding hydrogens is 284 g/mol. The van der Waals surface area contributed by atoms with Crippen molar-refractivity contribution in [1.29, 1.82) is 0 Å². The van der Waals surface area contributed by atoms with E-state index in [1.54, 1.807) is 16.3 Å². The molecule has 0 spiro atoms. The lowest BCUT2D eigenvalue weighted by molar-refractivity contribution is 0.636. The zero-order chi connectivity index (χ0) is 15.0. The van der Waals surface area contributed by atoms with Crippen molar-refractivity contribution in [3.8, 4) is 0 Å². The zero-order valence-corrected chi connectivity index (χ0v) is 13.1. The summed E-state index contributed by atoms with van der Waals surface area (Å²) in [4.78, 5) is 11.8. The summed E-state index contributed by atoms with van der Waals surface area (Å²) in [5, 5.41) is 7.57. The molecule has 3 N–H and O–H groups in total. The number of H-pyrrole nitrogens is 1. The molecule has 1 heterocycles. The molecule has 2 atom stereocenters. The van der Waals surface area contributed by atoms with Gasteiger partial charge in [-0.25, -0.2) is 9.89 Å². The molecule has 2 aromatic rings. The Morgan fingerprint density at radius 2 is 2.05 bits per heavy atom. The zero-order valence-electron chi connectivity index (χ0n) is 12.2. The Kier molecular flexibility index (Phi) is 3.91. The number of thioether (sulfide) groups is 1. The molecule has 2 unspecified atom stereocenters. The highest BCUT2D eigenvalue weighted by atomic mass is 32.2. The number of rotatable bonds is 5. The third-order valence-electron chi connectivity index (χ3n) is 3.84. The van der Waals surface area contributed by atoms with Gasteiger partial charge in [-0.05, 0) is 25.3 Å². The number of nitrogens with zero attached hydrogens (tertiary/aromatic N) is 2. The first kappa shape index (κ1) is 14.4. The third-order valence-corrected chi connectivity index (χ3v) is 5.01. The highest BCUT2D eigenvalue weighted by molar-refractivity contribution is 7.99. The molecule has 1 aromatic carbocycles. The van der Waals surface area contributed by atoms with Crippen molar-refractivity contribution in [2.75, 3.05) is 0 Å². The van der Waals surface area contributed by atoms with Crippen LogP contribution < -0.4 is 11.4 Å². The maximum Gasteiger partial charge on any atom is 0.344 e. The second kappa shape index (κ2) is 5.69. The normalized spacial score (nSPS) is 17.7. The number of hydrogen-bond donors (Lipinski definition) is 2. The Balaban J connectivity index is 1.75. The number of aromatic nitrogens is 3. The van der Waals surface area contributed by atoms with Gasteiger partial charge in [-0.1, -0.05) is 48.5 Å². The number of hydrogen-bond acceptors (Lipinski definition) is 4. The van der Waals surface area contributed by atoms with E-state index >= 15 is 0 Å². The first-order valence-electron chi connectivity index (χ1n) is 7.22. The van der Waals surface area contributed by atoms with Crippen LogP contribution in [-0.4, -0.2) is 20.0 Å². The Labute approximate surface area is 127 Å². The number of nitrogens with one attached hydrogen (secondary N) is 1. The van der Waals surface area contributed by atoms with E-state index in [-0.39, 0.29) is 17.0 Å². The van der Waals surface area contributed by atoms with Gasteiger partial charge in [0.05, 0.1) is 0 Å². The van der Waals surface area contributed by atoms with Gasteiger partial charge >= 0.3 is 5.69 Å². The number of aromatic amines is 1. The second-order valence-corrected chi connectivity index (χ2v) is 7.02. The van der Waals surface area contributed by atoms with Gasteiger partial charge in [-0.15, -0.1) is 5.10 Å². The van der Waals surface area contributed by atoms with Gasteiger partial charge in [-0.2, -0.15) is 0 Å². The average Bonchev–Trinajstić information content (AvgIpc) is 3.24. The predicted octanol–water partition coefficient (Wildman–Crippen LogP) is 2.40. The first-order chi connectivity index (χ1) is 10.1. The van der Waals surface area contributed by atoms with E-state index in [4.69, 9.17) is 5.73 Å². The lowest BCUT2D eigenvalue weighted by Gasteiger charge is -2.19. The summed E-state index contributed by atoms with van der Waals surface area (Å²) in [6.45, 7) is 4.14. The minimum absolute atomic E-state index is 0.0879. The quantitative estimate of drug-likeness (QED) is 0.832. The molecule has 1 fully saturated rings. The molecule has 112 valence electrons. The van der Waals surface area contributed by atoms with Crippen molar-refractivity contribution < 1.29 is 0 Å². The fourth-order valence-corrected chi connectivity index (χ4v) is 3.41. The van der Waals surface area contributed by atoms with E-state index in [9.17, 15) is 4.79 Å². The van der Waals surface area contributed by atoms with Gasteiger partial charge < -0.3 is 5.73 Å². The van der Waals surface area contributed by atoms with Gasteiger partial charge in [-0.3, -0.25) is 4.57 Å². The van der Waals surface area contributed by atoms with Crippen molar-refractivity contribution in [1.82, 2.24) is 14.8 Å². The number of nitrogens with two attached hydrogens (primary N) is 1. The van der Waals surface area contributed by atoms with Crippen LogP contribution in [-0.2, 0) is 0 Å². The van der Waals surface area contributed by atoms with Gasteiger partial charge in [0.2, 0.25) is 0 Å². The molecule has 0 amide bonds. The molecule has 1 aliphatic carbocycles. The van der Waals surface area contributed by atoms with Crippen LogP contribution >= 0.6 is 11.8 Å². The monoisotopic (exact) mass is 304 g/mol. The SMILES string of the molecule is Cc1ccc(C(N)C(C)Sc2n[nH]c(=O)n2C2CC2)cc1. The summed E-state index contributed by atoms with van der Waals surface area (Å²) >= 11 is 1.56. The lowest BCUT2D eigenvalue weighted by Crippen LogP contribution is -2.22. The summed E-state index contributed by atoms with van der Waals surface area (Å²) in [5.41, 5.74) is 8.56. The summed E-state index contributed by atoms with van der Waals surface area (Å²) in [7, 11) is 0. The minimum atomic E-state index is -0.115. The van der Waals surface area contributed by atoms with Gasteiger partial charge in [0.15, 0.2) is 5.16 Å². The lowest BCUT2D eigenvalue weighted by atomic mass is 10.0. The van der Waals surface area contributed by atoms with E-state index in [1.165, 1.54) is 5.56 Å². The minimum Gasteiger partial charge on any atom is -0.323 e. The largest absolute Gasteiger partial charge is 0.344 e. The summed E-state index contributed by atoms with van der Waals surface area (Å²) in [5.74, 6) is 0. The van der Waals surface area contributed by atoms with E-state index in [0.717, 1.165) is 23.6 Å². The van der Waals surface area contributed by atoms with Crippen molar-refractivity contribution in [3.05, 3.63) is 45.9 Å². The van der Waals surface area contributed by atoms with Gasteiger partial charge in [0.1, 0.15) is 0 Å². The molecule has 6 heteroatoms. The number of aryl methyl sites for hydroxylation is 1. The Hall–Kier alpha value is -1.53. The van der Waals surface area contributed by atoms with Crippen LogP contribution in [0.2, 0.25) is 0 Å². The van der Waals surface area contributed by atoms with E-state index in [0.29, 0.717) is 6.04 Å². The van der Waals surface area contributed by atoms with Crippen LogP contribution in [0.1, 0.15) is 43.0 Å². The summed E-state index contributed by atoms with van der Waals surface area (Å²) in [6, 6.07) is 8.50. The molecule has 0 aliphatic heterocycles. The van der Waals surface area contributed by atoms with Crippen molar-refractivity contribution in [2.45, 2.75) is 49.2 Å². The molecular formula is C15H20N4OS. The molecule has 1 aromatic heterocycles. The van der Waals surface area contributed by atoms with E-state index in [2.05, 4.69) is 48.3 Å². The van der Waals surface area contributed by atoms with Gasteiger partial charge in [0.25, 0.3) is 0 Å². The van der Waals surface area contributed by atoms with Crippen molar-refractivity contribution >= 4 is 11.8 Å². The highest BCUT2D eigenvalue weighted by Crippen LogP contribution is 2.38. The molecule has 5 nitrogen and oxygen atoms in total. The van der Waals surface area contributed by atoms with Crippen LogP contribution in [0, 0.1) is 6.92 Å². The van der Waals surface area contributed by atoms with Gasteiger partial charge in [0, 0.05) is 17.3 Å². The molecule has 0 radical (unpaired) electrons. The second-order valence-electron chi connectivity index (χ2n) is 5.67. The van der Waals surface area contributed by atoms with Crippen LogP contribution in [0.3, 0.4) is 0 Å². The van der Waals surface area contributed by atoms with E-state index in [1.807, 2.05) is 0 Å². The van der Waals surface area contributed by atoms with Crippen LogP contribution in [0.15, 0.2) is 34.2 Å².